The molecule has 0 radical (unpaired) electrons. The van der Waals surface area contributed by atoms with E-state index in [9.17, 15) is 10.1 Å². The Bertz CT molecular complexity index is 783. The third kappa shape index (κ3) is 2.18. The van der Waals surface area contributed by atoms with Crippen molar-refractivity contribution >= 4 is 34.2 Å². The number of anilines is 1. The number of para-hydroxylation sites is 1. The molecule has 0 fully saturated rings. The van der Waals surface area contributed by atoms with Crippen LogP contribution in [0.1, 0.15) is 24.5 Å². The molecule has 3 nitrogen and oxygen atoms in total. The Morgan fingerprint density at radius 1 is 1.17 bits per heavy atom. The van der Waals surface area contributed by atoms with Crippen molar-refractivity contribution in [2.75, 3.05) is 9.74 Å². The van der Waals surface area contributed by atoms with Gasteiger partial charge >= 0.3 is 0 Å². The van der Waals surface area contributed by atoms with E-state index in [4.69, 9.17) is 0 Å². The Kier molecular flexibility index (Phi) is 4.15. The molecule has 1 heterocycles. The average Bonchev–Trinajstić information content (AvgIpc) is 2.88. The van der Waals surface area contributed by atoms with Gasteiger partial charge in [-0.15, -0.1) is 0 Å². The third-order valence-corrected chi connectivity index (χ3v) is 5.46. The van der Waals surface area contributed by atoms with Gasteiger partial charge in [-0.1, -0.05) is 71.1 Å². The number of hydrogen-bond donors (Lipinski definition) is 1. The normalized spacial score (nSPS) is 21.9. The molecule has 0 aromatic heterocycles. The van der Waals surface area contributed by atoms with Gasteiger partial charge in [-0.2, -0.15) is 5.26 Å². The highest BCUT2D eigenvalue weighted by atomic mass is 127. The summed E-state index contributed by atoms with van der Waals surface area (Å²) >= 11 is 2.28. The van der Waals surface area contributed by atoms with Crippen LogP contribution in [0.4, 0.5) is 5.69 Å². The maximum absolute atomic E-state index is 13.1. The summed E-state index contributed by atoms with van der Waals surface area (Å²) in [6, 6.07) is 19.8. The molecule has 0 unspecified atom stereocenters. The van der Waals surface area contributed by atoms with Crippen molar-refractivity contribution in [3.8, 4) is 6.07 Å². The molecule has 0 bridgehead atoms. The Hall–Kier alpha value is -1.87. The molecule has 1 amide bonds. The monoisotopic (exact) mass is 416 g/mol. The fourth-order valence-corrected chi connectivity index (χ4v) is 4.44. The van der Waals surface area contributed by atoms with Crippen molar-refractivity contribution in [1.82, 2.24) is 0 Å². The van der Waals surface area contributed by atoms with Crippen molar-refractivity contribution in [1.29, 1.82) is 5.26 Å². The molecule has 3 rings (SSSR count). The maximum atomic E-state index is 13.1. The number of rotatable bonds is 4. The van der Waals surface area contributed by atoms with Crippen LogP contribution in [0, 0.1) is 11.3 Å². The van der Waals surface area contributed by atoms with Crippen LogP contribution in [0.2, 0.25) is 0 Å². The summed E-state index contributed by atoms with van der Waals surface area (Å²) < 4.78 is 0.795. The van der Waals surface area contributed by atoms with Gasteiger partial charge in [0.05, 0.1) is 16.9 Å². The molecule has 0 saturated carbocycles. The van der Waals surface area contributed by atoms with E-state index >= 15 is 0 Å². The van der Waals surface area contributed by atoms with E-state index in [-0.39, 0.29) is 5.91 Å². The number of carbonyl (C=O) groups excluding carboxylic acids is 1. The second-order valence-corrected chi connectivity index (χ2v) is 7.03. The lowest BCUT2D eigenvalue weighted by Crippen LogP contribution is -2.51. The smallest absolute Gasteiger partial charge is 0.237 e. The molecule has 0 aliphatic carbocycles. The van der Waals surface area contributed by atoms with Crippen LogP contribution >= 0.6 is 22.6 Å². The van der Waals surface area contributed by atoms with Gasteiger partial charge in [0, 0.05) is 10.1 Å². The molecule has 2 aromatic carbocycles. The van der Waals surface area contributed by atoms with E-state index in [1.165, 1.54) is 0 Å². The quantitative estimate of drug-likeness (QED) is 0.601. The van der Waals surface area contributed by atoms with Gasteiger partial charge in [0.2, 0.25) is 5.91 Å². The lowest BCUT2D eigenvalue weighted by Gasteiger charge is -2.40. The van der Waals surface area contributed by atoms with Gasteiger partial charge in [0.1, 0.15) is 0 Å². The van der Waals surface area contributed by atoms with Crippen molar-refractivity contribution in [2.45, 2.75) is 24.2 Å². The van der Waals surface area contributed by atoms with E-state index in [1.54, 1.807) is 0 Å². The average molecular weight is 416 g/mol. The molecule has 23 heavy (non-hydrogen) atoms. The minimum absolute atomic E-state index is 0.0803. The summed E-state index contributed by atoms with van der Waals surface area (Å²) in [7, 11) is 0. The lowest BCUT2D eigenvalue weighted by molar-refractivity contribution is -0.122. The first kappa shape index (κ1) is 16.0. The molecule has 1 aliphatic rings. The largest absolute Gasteiger partial charge is 0.325 e. The van der Waals surface area contributed by atoms with Crippen LogP contribution in [0.25, 0.3) is 0 Å². The number of nitrogens with zero attached hydrogens (tertiary/aromatic N) is 1. The summed E-state index contributed by atoms with van der Waals surface area (Å²) in [6.45, 7) is 1.89. The topological polar surface area (TPSA) is 52.9 Å². The number of fused-ring (bicyclic) bond motifs is 1. The van der Waals surface area contributed by atoms with Crippen LogP contribution < -0.4 is 5.32 Å². The summed E-state index contributed by atoms with van der Waals surface area (Å²) in [5.41, 5.74) is 0.810. The fourth-order valence-electron chi connectivity index (χ4n) is 3.63. The highest BCUT2D eigenvalue weighted by molar-refractivity contribution is 14.1. The van der Waals surface area contributed by atoms with Crippen molar-refractivity contribution in [2.24, 2.45) is 0 Å². The number of benzene rings is 2. The predicted octanol–water partition coefficient (Wildman–Crippen LogP) is 4.18. The van der Waals surface area contributed by atoms with E-state index < -0.39 is 10.8 Å². The molecule has 4 heteroatoms. The first-order chi connectivity index (χ1) is 11.1. The highest BCUT2D eigenvalue weighted by Crippen LogP contribution is 2.52. The summed E-state index contributed by atoms with van der Waals surface area (Å²) in [4.78, 5) is 13.1. The number of halogens is 1. The minimum Gasteiger partial charge on any atom is -0.325 e. The van der Waals surface area contributed by atoms with Crippen LogP contribution in [0.15, 0.2) is 54.6 Å². The molecule has 1 N–H and O–H groups in total. The van der Waals surface area contributed by atoms with Crippen LogP contribution in [0.5, 0.6) is 0 Å². The maximum Gasteiger partial charge on any atom is 0.237 e. The van der Waals surface area contributed by atoms with E-state index in [2.05, 4.69) is 34.0 Å². The molecule has 116 valence electrons. The molecule has 2 atom stereocenters. The zero-order valence-electron chi connectivity index (χ0n) is 12.8. The SMILES string of the molecule is C[C@](C#N)(c1ccccc1)[C@@]1(CCI)C(=O)Nc2ccccc21. The number of carbonyl (C=O) groups is 1. The molecule has 1 aliphatic heterocycles. The van der Waals surface area contributed by atoms with Gasteiger partial charge in [-0.05, 0) is 30.5 Å². The van der Waals surface area contributed by atoms with Crippen molar-refractivity contribution < 1.29 is 4.79 Å². The number of alkyl halides is 1. The first-order valence-electron chi connectivity index (χ1n) is 7.54. The van der Waals surface area contributed by atoms with E-state index in [1.807, 2.05) is 61.5 Å². The number of hydrogen-bond acceptors (Lipinski definition) is 2. The second kappa shape index (κ2) is 5.97. The molecule has 2 aromatic rings. The highest BCUT2D eigenvalue weighted by Gasteiger charge is 2.59. The van der Waals surface area contributed by atoms with E-state index in [0.717, 1.165) is 21.2 Å². The molecular weight excluding hydrogens is 399 g/mol. The Morgan fingerprint density at radius 3 is 2.48 bits per heavy atom. The van der Waals surface area contributed by atoms with Crippen molar-refractivity contribution in [3.63, 3.8) is 0 Å². The lowest BCUT2D eigenvalue weighted by atomic mass is 9.57. The van der Waals surface area contributed by atoms with Crippen LogP contribution in [0.3, 0.4) is 0 Å². The Morgan fingerprint density at radius 2 is 1.83 bits per heavy atom. The summed E-state index contributed by atoms with van der Waals surface area (Å²) in [5, 5.41) is 13.1. The standard InChI is InChI=1S/C19H17IN2O/c1-18(13-21,14-7-3-2-4-8-14)19(11-12-20)15-9-5-6-10-16(15)22-17(19)23/h2-10H,11-12H2,1H3,(H,22,23)/t18-,19+/m0/s1. The molecule has 0 saturated heterocycles. The van der Waals surface area contributed by atoms with Crippen LogP contribution in [-0.2, 0) is 15.6 Å². The first-order valence-corrected chi connectivity index (χ1v) is 9.06. The number of nitrogens with one attached hydrogen (secondary N) is 1. The van der Waals surface area contributed by atoms with Gasteiger partial charge in [0.25, 0.3) is 0 Å². The zero-order chi connectivity index (χ0) is 16.5. The molecular formula is C19H17IN2O. The summed E-state index contributed by atoms with van der Waals surface area (Å²) in [5.74, 6) is -0.0803. The third-order valence-electron chi connectivity index (χ3n) is 4.92. The minimum atomic E-state index is -0.934. The number of amides is 1. The fraction of sp³-hybridized carbons (Fsp3) is 0.263. The summed E-state index contributed by atoms with van der Waals surface area (Å²) in [6.07, 6.45) is 0.620. The van der Waals surface area contributed by atoms with Crippen molar-refractivity contribution in [3.05, 3.63) is 65.7 Å². The van der Waals surface area contributed by atoms with E-state index in [0.29, 0.717) is 6.42 Å². The van der Waals surface area contributed by atoms with Gasteiger partial charge in [-0.3, -0.25) is 4.79 Å². The number of nitriles is 1. The van der Waals surface area contributed by atoms with Gasteiger partial charge in [-0.25, -0.2) is 0 Å². The van der Waals surface area contributed by atoms with Gasteiger partial charge < -0.3 is 5.32 Å². The zero-order valence-corrected chi connectivity index (χ0v) is 15.0. The van der Waals surface area contributed by atoms with Gasteiger partial charge in [0.15, 0.2) is 0 Å². The van der Waals surface area contributed by atoms with Crippen LogP contribution in [-0.4, -0.2) is 10.3 Å². The Labute approximate surface area is 149 Å². The predicted molar refractivity (Wildman–Crippen MR) is 99.7 cm³/mol. The second-order valence-electron chi connectivity index (χ2n) is 5.95. The Balaban J connectivity index is 2.31. The molecule has 0 spiro atoms.